The van der Waals surface area contributed by atoms with Gasteiger partial charge in [0, 0.05) is 12.2 Å². The van der Waals surface area contributed by atoms with E-state index in [1.54, 1.807) is 0 Å². The van der Waals surface area contributed by atoms with Crippen LogP contribution in [0.15, 0.2) is 12.2 Å². The van der Waals surface area contributed by atoms with Gasteiger partial charge in [0.1, 0.15) is 6.10 Å². The molecule has 2 atom stereocenters. The van der Waals surface area contributed by atoms with Crippen LogP contribution >= 0.6 is 0 Å². The van der Waals surface area contributed by atoms with E-state index < -0.39 is 11.9 Å². The molecule has 0 heterocycles. The lowest BCUT2D eigenvalue weighted by Gasteiger charge is -2.27. The van der Waals surface area contributed by atoms with Crippen LogP contribution in [0.1, 0.15) is 59.3 Å². The van der Waals surface area contributed by atoms with Gasteiger partial charge in [-0.1, -0.05) is 27.2 Å². The first kappa shape index (κ1) is 17.7. The highest BCUT2D eigenvalue weighted by atomic mass is 16.5. The minimum Gasteiger partial charge on any atom is -0.463 e. The fourth-order valence-corrected chi connectivity index (χ4v) is 2.49. The molecule has 0 aromatic heterocycles. The first-order valence-corrected chi connectivity index (χ1v) is 8.04. The highest BCUT2D eigenvalue weighted by molar-refractivity contribution is 5.91. The molecule has 1 aliphatic carbocycles. The Morgan fingerprint density at radius 3 is 2.48 bits per heavy atom. The van der Waals surface area contributed by atoms with Crippen LogP contribution in [0.2, 0.25) is 0 Å². The number of hydrogen-bond donors (Lipinski definition) is 0. The molecule has 0 spiro atoms. The van der Waals surface area contributed by atoms with Gasteiger partial charge in [-0.2, -0.15) is 0 Å². The molecule has 0 radical (unpaired) electrons. The van der Waals surface area contributed by atoms with Crippen molar-refractivity contribution >= 4 is 11.9 Å². The maximum Gasteiger partial charge on any atom is 0.331 e. The van der Waals surface area contributed by atoms with E-state index in [0.717, 1.165) is 38.2 Å². The molecule has 1 fully saturated rings. The Kier molecular flexibility index (Phi) is 8.09. The Bertz CT molecular complexity index is 360. The van der Waals surface area contributed by atoms with E-state index in [0.29, 0.717) is 18.4 Å². The smallest absolute Gasteiger partial charge is 0.331 e. The van der Waals surface area contributed by atoms with E-state index in [-0.39, 0.29) is 6.10 Å². The highest BCUT2D eigenvalue weighted by Crippen LogP contribution is 2.26. The standard InChI is InChI=1S/C17H28O4/c1-13(2)7-6-12-20-16(18)10-11-17(19)21-15-9-5-4-8-14(15)3/h10-11,13-15H,4-9,12H2,1-3H3/b11-10+. The molecule has 0 N–H and O–H groups in total. The largest absolute Gasteiger partial charge is 0.463 e. The molecule has 0 bridgehead atoms. The quantitative estimate of drug-likeness (QED) is 0.409. The molecule has 21 heavy (non-hydrogen) atoms. The van der Waals surface area contributed by atoms with Crippen LogP contribution in [0, 0.1) is 11.8 Å². The zero-order valence-electron chi connectivity index (χ0n) is 13.5. The molecule has 1 aliphatic rings. The van der Waals surface area contributed by atoms with E-state index in [9.17, 15) is 9.59 Å². The first-order chi connectivity index (χ1) is 9.99. The number of esters is 2. The van der Waals surface area contributed by atoms with Crippen LogP contribution in [-0.2, 0) is 19.1 Å². The van der Waals surface area contributed by atoms with Crippen molar-refractivity contribution in [3.05, 3.63) is 12.2 Å². The molecule has 1 saturated carbocycles. The molecule has 0 saturated heterocycles. The summed E-state index contributed by atoms with van der Waals surface area (Å²) in [6.45, 7) is 6.76. The Hall–Kier alpha value is -1.32. The van der Waals surface area contributed by atoms with Crippen molar-refractivity contribution in [2.24, 2.45) is 11.8 Å². The third-order valence-electron chi connectivity index (χ3n) is 3.83. The zero-order chi connectivity index (χ0) is 15.7. The van der Waals surface area contributed by atoms with Crippen molar-refractivity contribution in [2.75, 3.05) is 6.61 Å². The van der Waals surface area contributed by atoms with Gasteiger partial charge in [-0.3, -0.25) is 0 Å². The van der Waals surface area contributed by atoms with Crippen LogP contribution in [0.3, 0.4) is 0 Å². The van der Waals surface area contributed by atoms with Crippen LogP contribution in [-0.4, -0.2) is 24.6 Å². The van der Waals surface area contributed by atoms with Gasteiger partial charge in [-0.15, -0.1) is 0 Å². The monoisotopic (exact) mass is 296 g/mol. The predicted molar refractivity (Wildman–Crippen MR) is 81.7 cm³/mol. The van der Waals surface area contributed by atoms with Crippen LogP contribution < -0.4 is 0 Å². The van der Waals surface area contributed by atoms with E-state index in [2.05, 4.69) is 20.8 Å². The van der Waals surface area contributed by atoms with Crippen LogP contribution in [0.4, 0.5) is 0 Å². The maximum atomic E-state index is 11.7. The van der Waals surface area contributed by atoms with Crippen molar-refractivity contribution in [3.63, 3.8) is 0 Å². The van der Waals surface area contributed by atoms with Crippen molar-refractivity contribution in [3.8, 4) is 0 Å². The second-order valence-corrected chi connectivity index (χ2v) is 6.27. The molecular formula is C17H28O4. The molecule has 0 amide bonds. The lowest BCUT2D eigenvalue weighted by atomic mass is 9.88. The third kappa shape index (κ3) is 7.88. The van der Waals surface area contributed by atoms with E-state index in [1.807, 2.05) is 0 Å². The van der Waals surface area contributed by atoms with Crippen LogP contribution in [0.25, 0.3) is 0 Å². The number of carbonyl (C=O) groups is 2. The summed E-state index contributed by atoms with van der Waals surface area (Å²) in [6, 6.07) is 0. The minimum atomic E-state index is -0.479. The Labute approximate surface area is 127 Å². The third-order valence-corrected chi connectivity index (χ3v) is 3.83. The summed E-state index contributed by atoms with van der Waals surface area (Å²) in [5, 5.41) is 0. The number of rotatable bonds is 7. The molecule has 1 rings (SSSR count). The number of ether oxygens (including phenoxy) is 2. The van der Waals surface area contributed by atoms with Gasteiger partial charge in [0.15, 0.2) is 0 Å². The second kappa shape index (κ2) is 9.59. The summed E-state index contributed by atoms with van der Waals surface area (Å²) in [5.41, 5.74) is 0. The Morgan fingerprint density at radius 1 is 1.14 bits per heavy atom. The van der Waals surface area contributed by atoms with Crippen LogP contribution in [0.5, 0.6) is 0 Å². The summed E-state index contributed by atoms with van der Waals surface area (Å²) in [7, 11) is 0. The Morgan fingerprint density at radius 2 is 1.81 bits per heavy atom. The molecule has 0 aliphatic heterocycles. The summed E-state index contributed by atoms with van der Waals surface area (Å²) in [6.07, 6.45) is 8.51. The van der Waals surface area contributed by atoms with Gasteiger partial charge in [-0.25, -0.2) is 9.59 Å². The van der Waals surface area contributed by atoms with Gasteiger partial charge in [0.2, 0.25) is 0 Å². The fourth-order valence-electron chi connectivity index (χ4n) is 2.49. The molecule has 4 nitrogen and oxygen atoms in total. The Balaban J connectivity index is 2.21. The molecule has 0 aromatic rings. The van der Waals surface area contributed by atoms with Crippen molar-refractivity contribution in [1.82, 2.24) is 0 Å². The second-order valence-electron chi connectivity index (χ2n) is 6.27. The normalized spacial score (nSPS) is 22.5. The highest BCUT2D eigenvalue weighted by Gasteiger charge is 2.23. The van der Waals surface area contributed by atoms with E-state index >= 15 is 0 Å². The summed E-state index contributed by atoms with van der Waals surface area (Å²) in [5.74, 6) is 0.0751. The maximum absolute atomic E-state index is 11.7. The molecule has 120 valence electrons. The molecule has 4 heteroatoms. The van der Waals surface area contributed by atoms with Gasteiger partial charge < -0.3 is 9.47 Å². The number of hydrogen-bond acceptors (Lipinski definition) is 4. The average molecular weight is 296 g/mol. The van der Waals surface area contributed by atoms with E-state index in [1.165, 1.54) is 12.5 Å². The zero-order valence-corrected chi connectivity index (χ0v) is 13.5. The van der Waals surface area contributed by atoms with Gasteiger partial charge in [0.25, 0.3) is 0 Å². The SMILES string of the molecule is CC(C)CCCOC(=O)/C=C/C(=O)OC1CCCCC1C. The molecule has 2 unspecified atom stereocenters. The molecule has 0 aromatic carbocycles. The van der Waals surface area contributed by atoms with Crippen molar-refractivity contribution < 1.29 is 19.1 Å². The van der Waals surface area contributed by atoms with Gasteiger partial charge >= 0.3 is 11.9 Å². The average Bonchev–Trinajstić information content (AvgIpc) is 2.44. The lowest BCUT2D eigenvalue weighted by molar-refractivity contribution is -0.147. The van der Waals surface area contributed by atoms with Gasteiger partial charge in [0.05, 0.1) is 6.61 Å². The summed E-state index contributed by atoms with van der Waals surface area (Å²) >= 11 is 0. The molecular weight excluding hydrogens is 268 g/mol. The predicted octanol–water partition coefficient (Wildman–Crippen LogP) is 3.64. The van der Waals surface area contributed by atoms with E-state index in [4.69, 9.17) is 9.47 Å². The van der Waals surface area contributed by atoms with Crippen molar-refractivity contribution in [2.45, 2.75) is 65.4 Å². The fraction of sp³-hybridized carbons (Fsp3) is 0.765. The summed E-state index contributed by atoms with van der Waals surface area (Å²) in [4.78, 5) is 23.1. The van der Waals surface area contributed by atoms with Gasteiger partial charge in [-0.05, 0) is 43.9 Å². The minimum absolute atomic E-state index is 0.0158. The topological polar surface area (TPSA) is 52.6 Å². The summed E-state index contributed by atoms with van der Waals surface area (Å²) < 4.78 is 10.4. The number of carbonyl (C=O) groups excluding carboxylic acids is 2. The lowest BCUT2D eigenvalue weighted by Crippen LogP contribution is -2.27. The van der Waals surface area contributed by atoms with Crippen molar-refractivity contribution in [1.29, 1.82) is 0 Å². The first-order valence-electron chi connectivity index (χ1n) is 8.04.